The fourth-order valence-electron chi connectivity index (χ4n) is 1.94. The number of aryl methyl sites for hydroxylation is 1. The van der Waals surface area contributed by atoms with Crippen LogP contribution in [-0.2, 0) is 17.8 Å². The molecule has 106 valence electrons. The molecule has 0 aliphatic carbocycles. The van der Waals surface area contributed by atoms with Gasteiger partial charge in [0.05, 0.1) is 10.9 Å². The molecular formula is C12H12N2O5S. The first kappa shape index (κ1) is 14.2. The zero-order chi connectivity index (χ0) is 14.9. The van der Waals surface area contributed by atoms with Crippen LogP contribution in [0.3, 0.4) is 0 Å². The van der Waals surface area contributed by atoms with Crippen LogP contribution in [0.25, 0.3) is 10.2 Å². The molecule has 2 aromatic rings. The smallest absolute Gasteiger partial charge is 0.337 e. The molecule has 0 amide bonds. The Labute approximate surface area is 117 Å². The van der Waals surface area contributed by atoms with Crippen LogP contribution in [0.4, 0.5) is 0 Å². The maximum Gasteiger partial charge on any atom is 0.337 e. The lowest BCUT2D eigenvalue weighted by Gasteiger charge is -2.09. The number of carboxylic acids is 2. The van der Waals surface area contributed by atoms with E-state index in [1.54, 1.807) is 0 Å². The number of aromatic carboxylic acids is 1. The molecule has 8 heteroatoms. The van der Waals surface area contributed by atoms with Gasteiger partial charge >= 0.3 is 11.9 Å². The van der Waals surface area contributed by atoms with Gasteiger partial charge in [-0.15, -0.1) is 11.3 Å². The van der Waals surface area contributed by atoms with Gasteiger partial charge in [0.2, 0.25) is 0 Å². The molecule has 0 aliphatic rings. The molecule has 0 fully saturated rings. The summed E-state index contributed by atoms with van der Waals surface area (Å²) in [6, 6.07) is 0. The summed E-state index contributed by atoms with van der Waals surface area (Å²) < 4.78 is 1.04. The average Bonchev–Trinajstić information content (AvgIpc) is 2.78. The van der Waals surface area contributed by atoms with Crippen LogP contribution < -0.4 is 5.56 Å². The van der Waals surface area contributed by atoms with E-state index in [4.69, 9.17) is 10.2 Å². The van der Waals surface area contributed by atoms with Gasteiger partial charge in [-0.2, -0.15) is 0 Å². The maximum absolute atomic E-state index is 12.3. The van der Waals surface area contributed by atoms with Gasteiger partial charge in [0.15, 0.2) is 0 Å². The van der Waals surface area contributed by atoms with Gasteiger partial charge in [-0.3, -0.25) is 14.2 Å². The Morgan fingerprint density at radius 2 is 2.10 bits per heavy atom. The molecule has 0 spiro atoms. The predicted molar refractivity (Wildman–Crippen MR) is 72.5 cm³/mol. The number of hydrogen-bond donors (Lipinski definition) is 2. The molecule has 0 aromatic carbocycles. The van der Waals surface area contributed by atoms with E-state index in [1.807, 2.05) is 6.92 Å². The average molecular weight is 296 g/mol. The van der Waals surface area contributed by atoms with Crippen molar-refractivity contribution in [2.24, 2.45) is 0 Å². The Bertz CT molecular complexity index is 746. The number of rotatable bonds is 5. The Kier molecular flexibility index (Phi) is 3.84. The minimum Gasteiger partial charge on any atom is -0.480 e. The molecule has 2 heterocycles. The molecule has 2 N–H and O–H groups in total. The van der Waals surface area contributed by atoms with Gasteiger partial charge in [-0.05, 0) is 6.42 Å². The minimum atomic E-state index is -1.22. The molecule has 0 atom stereocenters. The molecular weight excluding hydrogens is 284 g/mol. The van der Waals surface area contributed by atoms with Crippen molar-refractivity contribution in [2.75, 3.05) is 0 Å². The fourth-order valence-corrected chi connectivity index (χ4v) is 2.86. The van der Waals surface area contributed by atoms with E-state index in [9.17, 15) is 14.4 Å². The second-order valence-electron chi connectivity index (χ2n) is 4.20. The zero-order valence-corrected chi connectivity index (χ0v) is 11.4. The third kappa shape index (κ3) is 2.42. The van der Waals surface area contributed by atoms with Gasteiger partial charge < -0.3 is 10.2 Å². The Hall–Kier alpha value is -2.22. The van der Waals surface area contributed by atoms with E-state index < -0.39 is 24.0 Å². The number of thiophene rings is 1. The van der Waals surface area contributed by atoms with Crippen molar-refractivity contribution in [1.82, 2.24) is 9.55 Å². The first-order valence-corrected chi connectivity index (χ1v) is 6.79. The molecule has 7 nitrogen and oxygen atoms in total. The topological polar surface area (TPSA) is 109 Å². The van der Waals surface area contributed by atoms with E-state index >= 15 is 0 Å². The lowest BCUT2D eigenvalue weighted by atomic mass is 10.2. The third-order valence-electron chi connectivity index (χ3n) is 2.77. The summed E-state index contributed by atoms with van der Waals surface area (Å²) in [7, 11) is 0. The number of carbonyl (C=O) groups is 2. The SMILES string of the molecule is CCCc1nc2scc(C(=O)O)c2c(=O)n1CC(=O)O. The second-order valence-corrected chi connectivity index (χ2v) is 5.06. The molecule has 0 aliphatic heterocycles. The minimum absolute atomic E-state index is 0.0244. The summed E-state index contributed by atoms with van der Waals surface area (Å²) >= 11 is 1.07. The van der Waals surface area contributed by atoms with Crippen LogP contribution in [0.5, 0.6) is 0 Å². The van der Waals surface area contributed by atoms with Crippen molar-refractivity contribution in [2.45, 2.75) is 26.3 Å². The Morgan fingerprint density at radius 1 is 1.40 bits per heavy atom. The monoisotopic (exact) mass is 296 g/mol. The summed E-state index contributed by atoms with van der Waals surface area (Å²) in [6.07, 6.45) is 1.16. The molecule has 0 unspecified atom stereocenters. The molecule has 0 saturated carbocycles. The predicted octanol–water partition coefficient (Wildman–Crippen LogP) is 1.19. The van der Waals surface area contributed by atoms with Crippen molar-refractivity contribution < 1.29 is 19.8 Å². The summed E-state index contributed by atoms with van der Waals surface area (Å²) in [4.78, 5) is 38.9. The van der Waals surface area contributed by atoms with E-state index in [-0.39, 0.29) is 10.9 Å². The highest BCUT2D eigenvalue weighted by Crippen LogP contribution is 2.22. The van der Waals surface area contributed by atoms with Crippen molar-refractivity contribution in [1.29, 1.82) is 0 Å². The highest BCUT2D eigenvalue weighted by atomic mass is 32.1. The van der Waals surface area contributed by atoms with Crippen LogP contribution in [0.2, 0.25) is 0 Å². The van der Waals surface area contributed by atoms with Crippen LogP contribution in [0.15, 0.2) is 10.2 Å². The summed E-state index contributed by atoms with van der Waals surface area (Å²) in [5.41, 5.74) is -0.746. The standard InChI is InChI=1S/C12H12N2O5S/c1-2-3-7-13-10-9(6(5-20-10)12(18)19)11(17)14(7)4-8(15)16/h5H,2-4H2,1H3,(H,15,16)(H,18,19). The largest absolute Gasteiger partial charge is 0.480 e. The lowest BCUT2D eigenvalue weighted by molar-refractivity contribution is -0.137. The number of hydrogen-bond acceptors (Lipinski definition) is 5. The van der Waals surface area contributed by atoms with Crippen LogP contribution >= 0.6 is 11.3 Å². The Morgan fingerprint density at radius 3 is 2.65 bits per heavy atom. The quantitative estimate of drug-likeness (QED) is 0.857. The summed E-state index contributed by atoms with van der Waals surface area (Å²) in [5.74, 6) is -2.02. The summed E-state index contributed by atoms with van der Waals surface area (Å²) in [5, 5.41) is 19.3. The third-order valence-corrected chi connectivity index (χ3v) is 3.64. The van der Waals surface area contributed by atoms with Crippen molar-refractivity contribution >= 4 is 33.5 Å². The van der Waals surface area contributed by atoms with Crippen LogP contribution in [0, 0.1) is 0 Å². The van der Waals surface area contributed by atoms with Gasteiger partial charge in [0.25, 0.3) is 5.56 Å². The van der Waals surface area contributed by atoms with Crippen molar-refractivity contribution in [3.63, 3.8) is 0 Å². The first-order chi connectivity index (χ1) is 9.45. The normalized spacial score (nSPS) is 10.8. The second kappa shape index (κ2) is 5.41. The van der Waals surface area contributed by atoms with E-state index in [1.165, 1.54) is 5.38 Å². The first-order valence-electron chi connectivity index (χ1n) is 5.91. The Balaban J connectivity index is 2.78. The molecule has 2 rings (SSSR count). The summed E-state index contributed by atoms with van der Waals surface area (Å²) in [6.45, 7) is 1.37. The number of carboxylic acid groups (broad SMARTS) is 2. The number of nitrogens with zero attached hydrogens (tertiary/aromatic N) is 2. The highest BCUT2D eigenvalue weighted by Gasteiger charge is 2.20. The molecule has 2 aromatic heterocycles. The fraction of sp³-hybridized carbons (Fsp3) is 0.333. The number of aliphatic carboxylic acids is 1. The number of fused-ring (bicyclic) bond motifs is 1. The van der Waals surface area contributed by atoms with Gasteiger partial charge in [-0.25, -0.2) is 9.78 Å². The van der Waals surface area contributed by atoms with Crippen LogP contribution in [-0.4, -0.2) is 31.7 Å². The lowest BCUT2D eigenvalue weighted by Crippen LogP contribution is -2.29. The molecule has 20 heavy (non-hydrogen) atoms. The molecule has 0 radical (unpaired) electrons. The molecule has 0 bridgehead atoms. The van der Waals surface area contributed by atoms with Crippen molar-refractivity contribution in [3.8, 4) is 0 Å². The maximum atomic E-state index is 12.3. The molecule has 0 saturated heterocycles. The number of aromatic nitrogens is 2. The zero-order valence-electron chi connectivity index (χ0n) is 10.6. The van der Waals surface area contributed by atoms with Gasteiger partial charge in [0.1, 0.15) is 17.2 Å². The van der Waals surface area contributed by atoms with E-state index in [0.29, 0.717) is 23.5 Å². The van der Waals surface area contributed by atoms with Crippen molar-refractivity contribution in [3.05, 3.63) is 27.1 Å². The van der Waals surface area contributed by atoms with E-state index in [0.717, 1.165) is 15.9 Å². The van der Waals surface area contributed by atoms with Gasteiger partial charge in [-0.1, -0.05) is 6.92 Å². The highest BCUT2D eigenvalue weighted by molar-refractivity contribution is 7.17. The van der Waals surface area contributed by atoms with E-state index in [2.05, 4.69) is 4.98 Å². The van der Waals surface area contributed by atoms with Crippen LogP contribution in [0.1, 0.15) is 29.5 Å². The van der Waals surface area contributed by atoms with Gasteiger partial charge in [0, 0.05) is 11.8 Å².